The standard InChI is InChI=1S/C23H22N2O4/c1-15-4-11-20(24-22(26)12-9-18-7-5-16(2)28-18)21(14-15)25-23(27)13-10-19-8-6-17(3)29-19/h4-14H,1-3H3,(H,24,26)(H,25,27)/b12-9+,13-10+. The zero-order valence-electron chi connectivity index (χ0n) is 16.5. The van der Waals surface area contributed by atoms with Crippen LogP contribution >= 0.6 is 0 Å². The summed E-state index contributed by atoms with van der Waals surface area (Å²) >= 11 is 0. The molecule has 0 unspecified atom stereocenters. The van der Waals surface area contributed by atoms with Crippen LogP contribution in [0.25, 0.3) is 12.2 Å². The van der Waals surface area contributed by atoms with Crippen molar-refractivity contribution < 1.29 is 18.4 Å². The first-order chi connectivity index (χ1) is 13.9. The molecule has 0 saturated heterocycles. The lowest BCUT2D eigenvalue weighted by Crippen LogP contribution is -2.13. The average molecular weight is 390 g/mol. The van der Waals surface area contributed by atoms with Crippen LogP contribution < -0.4 is 10.6 Å². The molecule has 0 radical (unpaired) electrons. The van der Waals surface area contributed by atoms with Crippen LogP contribution in [0.5, 0.6) is 0 Å². The summed E-state index contributed by atoms with van der Waals surface area (Å²) in [5.74, 6) is 2.06. The summed E-state index contributed by atoms with van der Waals surface area (Å²) in [6.07, 6.45) is 5.93. The highest BCUT2D eigenvalue weighted by atomic mass is 16.3. The van der Waals surface area contributed by atoms with Crippen molar-refractivity contribution in [2.45, 2.75) is 20.8 Å². The van der Waals surface area contributed by atoms with Crippen LogP contribution in [-0.2, 0) is 9.59 Å². The third-order valence-electron chi connectivity index (χ3n) is 4.01. The summed E-state index contributed by atoms with van der Waals surface area (Å²) in [5, 5.41) is 5.56. The maximum atomic E-state index is 12.3. The third kappa shape index (κ3) is 5.84. The summed E-state index contributed by atoms with van der Waals surface area (Å²) in [5.41, 5.74) is 1.95. The van der Waals surface area contributed by atoms with E-state index in [0.29, 0.717) is 22.9 Å². The summed E-state index contributed by atoms with van der Waals surface area (Å²) in [6, 6.07) is 12.6. The Balaban J connectivity index is 1.68. The fourth-order valence-corrected chi connectivity index (χ4v) is 2.62. The monoisotopic (exact) mass is 390 g/mol. The molecule has 0 saturated carbocycles. The van der Waals surface area contributed by atoms with E-state index in [9.17, 15) is 9.59 Å². The number of rotatable bonds is 6. The fraction of sp³-hybridized carbons (Fsp3) is 0.130. The van der Waals surface area contributed by atoms with Crippen molar-refractivity contribution in [2.75, 3.05) is 10.6 Å². The predicted molar refractivity (Wildman–Crippen MR) is 113 cm³/mol. The molecule has 148 valence electrons. The van der Waals surface area contributed by atoms with Crippen LogP contribution in [0, 0.1) is 20.8 Å². The van der Waals surface area contributed by atoms with Gasteiger partial charge in [-0.25, -0.2) is 0 Å². The summed E-state index contributed by atoms with van der Waals surface area (Å²) in [6.45, 7) is 5.57. The quantitative estimate of drug-likeness (QED) is 0.574. The Labute approximate surface area is 168 Å². The number of benzene rings is 1. The molecule has 0 atom stereocenters. The molecule has 2 heterocycles. The number of hydrogen-bond donors (Lipinski definition) is 2. The Morgan fingerprint density at radius 3 is 1.72 bits per heavy atom. The van der Waals surface area contributed by atoms with Gasteiger partial charge in [-0.15, -0.1) is 0 Å². The van der Waals surface area contributed by atoms with Gasteiger partial charge in [0.2, 0.25) is 11.8 Å². The number of nitrogens with one attached hydrogen (secondary N) is 2. The Morgan fingerprint density at radius 1 is 0.724 bits per heavy atom. The van der Waals surface area contributed by atoms with E-state index in [1.807, 2.05) is 39.0 Å². The van der Waals surface area contributed by atoms with Gasteiger partial charge in [-0.05, 0) is 74.9 Å². The third-order valence-corrected chi connectivity index (χ3v) is 4.01. The van der Waals surface area contributed by atoms with Crippen LogP contribution in [0.1, 0.15) is 28.6 Å². The number of carbonyl (C=O) groups is 2. The molecule has 0 fully saturated rings. The number of furan rings is 2. The van der Waals surface area contributed by atoms with Gasteiger partial charge in [-0.1, -0.05) is 6.07 Å². The van der Waals surface area contributed by atoms with E-state index in [0.717, 1.165) is 17.1 Å². The van der Waals surface area contributed by atoms with E-state index in [4.69, 9.17) is 8.83 Å². The molecule has 3 aromatic rings. The Morgan fingerprint density at radius 2 is 1.24 bits per heavy atom. The second-order valence-electron chi connectivity index (χ2n) is 6.59. The van der Waals surface area contributed by atoms with Gasteiger partial charge in [0.05, 0.1) is 11.4 Å². The highest BCUT2D eigenvalue weighted by molar-refractivity contribution is 6.07. The van der Waals surface area contributed by atoms with Crippen molar-refractivity contribution in [1.82, 2.24) is 0 Å². The topological polar surface area (TPSA) is 84.5 Å². The molecule has 0 bridgehead atoms. The Kier molecular flexibility index (Phi) is 6.14. The lowest BCUT2D eigenvalue weighted by molar-refractivity contribution is -0.112. The number of hydrogen-bond acceptors (Lipinski definition) is 4. The van der Waals surface area contributed by atoms with Crippen molar-refractivity contribution in [3.8, 4) is 0 Å². The number of amides is 2. The summed E-state index contributed by atoms with van der Waals surface area (Å²) < 4.78 is 10.8. The maximum absolute atomic E-state index is 12.3. The van der Waals surface area contributed by atoms with Gasteiger partial charge < -0.3 is 19.5 Å². The van der Waals surface area contributed by atoms with Gasteiger partial charge in [0.1, 0.15) is 23.0 Å². The molecule has 3 rings (SSSR count). The zero-order chi connectivity index (χ0) is 20.8. The lowest BCUT2D eigenvalue weighted by Gasteiger charge is -2.11. The first kappa shape index (κ1) is 19.9. The summed E-state index contributed by atoms with van der Waals surface area (Å²) in [4.78, 5) is 24.5. The molecule has 2 N–H and O–H groups in total. The van der Waals surface area contributed by atoms with E-state index in [-0.39, 0.29) is 11.8 Å². The molecule has 6 heteroatoms. The number of carbonyl (C=O) groups excluding carboxylic acids is 2. The van der Waals surface area contributed by atoms with Crippen molar-refractivity contribution in [2.24, 2.45) is 0 Å². The molecular formula is C23H22N2O4. The van der Waals surface area contributed by atoms with Crippen LogP contribution in [-0.4, -0.2) is 11.8 Å². The van der Waals surface area contributed by atoms with E-state index in [1.165, 1.54) is 12.2 Å². The first-order valence-corrected chi connectivity index (χ1v) is 9.11. The fourth-order valence-electron chi connectivity index (χ4n) is 2.62. The lowest BCUT2D eigenvalue weighted by atomic mass is 10.2. The zero-order valence-corrected chi connectivity index (χ0v) is 16.5. The molecule has 29 heavy (non-hydrogen) atoms. The Hall–Kier alpha value is -3.80. The van der Waals surface area contributed by atoms with E-state index < -0.39 is 0 Å². The molecule has 0 spiro atoms. The van der Waals surface area contributed by atoms with Crippen molar-refractivity contribution in [3.05, 3.63) is 83.2 Å². The van der Waals surface area contributed by atoms with Crippen molar-refractivity contribution in [3.63, 3.8) is 0 Å². The van der Waals surface area contributed by atoms with Crippen molar-refractivity contribution in [1.29, 1.82) is 0 Å². The van der Waals surface area contributed by atoms with Gasteiger partial charge >= 0.3 is 0 Å². The second-order valence-corrected chi connectivity index (χ2v) is 6.59. The number of aryl methyl sites for hydroxylation is 3. The van der Waals surface area contributed by atoms with Gasteiger partial charge in [0.25, 0.3) is 0 Å². The summed E-state index contributed by atoms with van der Waals surface area (Å²) in [7, 11) is 0. The largest absolute Gasteiger partial charge is 0.462 e. The van der Waals surface area contributed by atoms with E-state index in [1.54, 1.807) is 36.4 Å². The van der Waals surface area contributed by atoms with Crippen LogP contribution in [0.15, 0.2) is 63.5 Å². The molecule has 0 aliphatic heterocycles. The van der Waals surface area contributed by atoms with Gasteiger partial charge in [-0.2, -0.15) is 0 Å². The van der Waals surface area contributed by atoms with Gasteiger partial charge in [-0.3, -0.25) is 9.59 Å². The van der Waals surface area contributed by atoms with E-state index >= 15 is 0 Å². The second kappa shape index (κ2) is 8.93. The molecule has 2 aromatic heterocycles. The van der Waals surface area contributed by atoms with Crippen LogP contribution in [0.3, 0.4) is 0 Å². The first-order valence-electron chi connectivity index (χ1n) is 9.11. The van der Waals surface area contributed by atoms with Crippen molar-refractivity contribution >= 4 is 35.3 Å². The van der Waals surface area contributed by atoms with E-state index in [2.05, 4.69) is 10.6 Å². The minimum atomic E-state index is -0.333. The van der Waals surface area contributed by atoms with Crippen LogP contribution in [0.4, 0.5) is 11.4 Å². The molecule has 0 aliphatic carbocycles. The highest BCUT2D eigenvalue weighted by Crippen LogP contribution is 2.23. The normalized spacial score (nSPS) is 11.3. The highest BCUT2D eigenvalue weighted by Gasteiger charge is 2.08. The van der Waals surface area contributed by atoms with Gasteiger partial charge in [0, 0.05) is 12.2 Å². The Bertz CT molecular complexity index is 1090. The minimum Gasteiger partial charge on any atom is -0.462 e. The minimum absolute atomic E-state index is 0.332. The molecular weight excluding hydrogens is 368 g/mol. The van der Waals surface area contributed by atoms with Gasteiger partial charge in [0.15, 0.2) is 0 Å². The average Bonchev–Trinajstić information content (AvgIpc) is 3.28. The molecule has 2 amide bonds. The predicted octanol–water partition coefficient (Wildman–Crippen LogP) is 5.10. The smallest absolute Gasteiger partial charge is 0.248 e. The molecule has 6 nitrogen and oxygen atoms in total. The maximum Gasteiger partial charge on any atom is 0.248 e. The van der Waals surface area contributed by atoms with Crippen LogP contribution in [0.2, 0.25) is 0 Å². The number of anilines is 2. The SMILES string of the molecule is Cc1ccc(NC(=O)/C=C/c2ccc(C)o2)c(NC(=O)/C=C/c2ccc(C)o2)c1. The molecule has 0 aliphatic rings. The molecule has 1 aromatic carbocycles.